The van der Waals surface area contributed by atoms with Crippen LogP contribution in [0.15, 0.2) is 42.1 Å². The third kappa shape index (κ3) is 3.78. The largest absolute Gasteiger partial charge is 0.460 e. The van der Waals surface area contributed by atoms with Crippen LogP contribution in [0.4, 0.5) is 39.5 Å². The summed E-state index contributed by atoms with van der Waals surface area (Å²) in [6, 6.07) is 8.15. The lowest BCUT2D eigenvalue weighted by molar-refractivity contribution is -0.398. The van der Waals surface area contributed by atoms with E-state index < -0.39 is 41.7 Å². The molecule has 0 saturated carbocycles. The number of rotatable bonds is 7. The number of hydrogen-bond donors (Lipinski definition) is 0. The van der Waals surface area contributed by atoms with E-state index in [1.807, 2.05) is 0 Å². The van der Waals surface area contributed by atoms with E-state index >= 15 is 0 Å². The van der Waals surface area contributed by atoms with Gasteiger partial charge in [-0.25, -0.2) is 0 Å². The van der Waals surface area contributed by atoms with Gasteiger partial charge in [-0.15, -0.1) is 0 Å². The first kappa shape index (κ1) is 24.1. The van der Waals surface area contributed by atoms with Crippen molar-refractivity contribution in [1.82, 2.24) is 4.90 Å². The molecule has 1 aromatic rings. The van der Waals surface area contributed by atoms with E-state index in [0.717, 1.165) is 18.0 Å². The first-order chi connectivity index (χ1) is 13.5. The van der Waals surface area contributed by atoms with Gasteiger partial charge in [0.1, 0.15) is 0 Å². The molecule has 0 saturated heterocycles. The number of carbonyl (C=O) groups is 1. The fourth-order valence-electron chi connectivity index (χ4n) is 3.37. The molecular weight excluding hydrogens is 429 g/mol. The van der Waals surface area contributed by atoms with Gasteiger partial charge in [-0.3, -0.25) is 4.79 Å². The fraction of sp³-hybridized carbons (Fsp3) is 0.526. The Balaban J connectivity index is 2.37. The second-order valence-corrected chi connectivity index (χ2v) is 7.29. The van der Waals surface area contributed by atoms with Gasteiger partial charge in [0.05, 0.1) is 12.0 Å². The predicted octanol–water partition coefficient (Wildman–Crippen LogP) is 6.19. The maximum absolute atomic E-state index is 14.2. The summed E-state index contributed by atoms with van der Waals surface area (Å²) in [5.74, 6) is -20.7. The van der Waals surface area contributed by atoms with Crippen molar-refractivity contribution in [2.24, 2.45) is 5.41 Å². The molecule has 1 aliphatic heterocycles. The van der Waals surface area contributed by atoms with Gasteiger partial charge in [0, 0.05) is 12.6 Å². The molecule has 0 fully saturated rings. The second kappa shape index (κ2) is 7.49. The number of nitrogens with zero attached hydrogens (tertiary/aromatic N) is 1. The average molecular weight is 447 g/mol. The minimum absolute atomic E-state index is 0.0748. The maximum Gasteiger partial charge on any atom is 0.460 e. The van der Waals surface area contributed by atoms with Crippen LogP contribution >= 0.6 is 0 Å². The van der Waals surface area contributed by atoms with Gasteiger partial charge in [0.15, 0.2) is 0 Å². The molecule has 1 heterocycles. The van der Waals surface area contributed by atoms with E-state index in [0.29, 0.717) is 5.56 Å². The van der Waals surface area contributed by atoms with Crippen molar-refractivity contribution < 1.29 is 44.3 Å². The van der Waals surface area contributed by atoms with E-state index in [4.69, 9.17) is 0 Å². The van der Waals surface area contributed by atoms with Crippen molar-refractivity contribution in [3.8, 4) is 0 Å². The highest BCUT2D eigenvalue weighted by Crippen LogP contribution is 2.57. The molecule has 1 aliphatic rings. The summed E-state index contributed by atoms with van der Waals surface area (Å²) in [5, 5.41) is 0. The van der Waals surface area contributed by atoms with Crippen LogP contribution in [0.2, 0.25) is 0 Å². The molecule has 30 heavy (non-hydrogen) atoms. The van der Waals surface area contributed by atoms with Crippen LogP contribution in [0.1, 0.15) is 32.3 Å². The quantitative estimate of drug-likeness (QED) is 0.457. The Morgan fingerprint density at radius 2 is 1.43 bits per heavy atom. The van der Waals surface area contributed by atoms with Crippen molar-refractivity contribution in [2.45, 2.75) is 57.2 Å². The van der Waals surface area contributed by atoms with Gasteiger partial charge in [0.2, 0.25) is 5.91 Å². The normalized spacial score (nSPS) is 21.2. The molecule has 1 atom stereocenters. The lowest BCUT2D eigenvalue weighted by Crippen LogP contribution is -2.62. The molecule has 2 rings (SSSR count). The minimum atomic E-state index is -6.98. The topological polar surface area (TPSA) is 20.3 Å². The Bertz CT molecular complexity index is 817. The van der Waals surface area contributed by atoms with Crippen LogP contribution < -0.4 is 0 Å². The first-order valence-corrected chi connectivity index (χ1v) is 8.77. The van der Waals surface area contributed by atoms with Crippen LogP contribution in [0.5, 0.6) is 0 Å². The number of alkyl halides is 9. The third-order valence-electron chi connectivity index (χ3n) is 5.12. The minimum Gasteiger partial charge on any atom is -0.314 e. The lowest BCUT2D eigenvalue weighted by Gasteiger charge is -2.37. The van der Waals surface area contributed by atoms with Gasteiger partial charge in [-0.2, -0.15) is 39.5 Å². The Labute approximate surface area is 166 Å². The van der Waals surface area contributed by atoms with Crippen LogP contribution in [-0.2, 0) is 11.3 Å². The molecule has 0 spiro atoms. The zero-order valence-electron chi connectivity index (χ0n) is 15.8. The summed E-state index contributed by atoms with van der Waals surface area (Å²) < 4.78 is 119. The summed E-state index contributed by atoms with van der Waals surface area (Å²) in [7, 11) is 0. The SMILES string of the molecule is CCC1=CN(Cc2ccccc2)C(=O)C1(C)CC(F)(F)C(F)(F)C(F)(F)C(F)(F)F. The van der Waals surface area contributed by atoms with E-state index in [2.05, 4.69) is 0 Å². The molecule has 1 unspecified atom stereocenters. The fourth-order valence-corrected chi connectivity index (χ4v) is 3.37. The number of halogens is 9. The summed E-state index contributed by atoms with van der Waals surface area (Å²) in [6.45, 7) is 2.15. The van der Waals surface area contributed by atoms with Crippen LogP contribution in [0.25, 0.3) is 0 Å². The standard InChI is InChI=1S/C19H18F9NO/c1-3-13-10-29(9-12-7-5-4-6-8-12)14(30)15(13,2)11-16(20,21)17(22,23)18(24,25)19(26,27)28/h4-8,10H,3,9,11H2,1-2H3. The summed E-state index contributed by atoms with van der Waals surface area (Å²) >= 11 is 0. The Morgan fingerprint density at radius 1 is 0.900 bits per heavy atom. The Hall–Kier alpha value is -2.20. The molecular formula is C19H18F9NO. The number of carbonyl (C=O) groups excluding carboxylic acids is 1. The predicted molar refractivity (Wildman–Crippen MR) is 89.0 cm³/mol. The van der Waals surface area contributed by atoms with Gasteiger partial charge in [-0.05, 0) is 24.5 Å². The third-order valence-corrected chi connectivity index (χ3v) is 5.12. The highest BCUT2D eigenvalue weighted by atomic mass is 19.4. The van der Waals surface area contributed by atoms with Crippen molar-refractivity contribution in [3.05, 3.63) is 47.7 Å². The van der Waals surface area contributed by atoms with Crippen molar-refractivity contribution in [1.29, 1.82) is 0 Å². The highest BCUT2D eigenvalue weighted by molar-refractivity contribution is 5.89. The smallest absolute Gasteiger partial charge is 0.314 e. The molecule has 11 heteroatoms. The van der Waals surface area contributed by atoms with Crippen molar-refractivity contribution in [3.63, 3.8) is 0 Å². The molecule has 0 aliphatic carbocycles. The lowest BCUT2D eigenvalue weighted by atomic mass is 9.75. The zero-order valence-corrected chi connectivity index (χ0v) is 15.8. The molecule has 0 N–H and O–H groups in total. The van der Waals surface area contributed by atoms with Crippen LogP contribution in [0, 0.1) is 5.41 Å². The van der Waals surface area contributed by atoms with E-state index in [1.54, 1.807) is 30.3 Å². The molecule has 168 valence electrons. The number of hydrogen-bond acceptors (Lipinski definition) is 1. The summed E-state index contributed by atoms with van der Waals surface area (Å²) in [5.41, 5.74) is -1.88. The number of amides is 1. The molecule has 0 aromatic heterocycles. The van der Waals surface area contributed by atoms with Crippen LogP contribution in [0.3, 0.4) is 0 Å². The molecule has 1 amide bonds. The Morgan fingerprint density at radius 3 is 1.90 bits per heavy atom. The first-order valence-electron chi connectivity index (χ1n) is 8.77. The van der Waals surface area contributed by atoms with Crippen molar-refractivity contribution >= 4 is 5.91 Å². The van der Waals surface area contributed by atoms with Gasteiger partial charge >= 0.3 is 23.9 Å². The van der Waals surface area contributed by atoms with Gasteiger partial charge in [-0.1, -0.05) is 37.3 Å². The average Bonchev–Trinajstić information content (AvgIpc) is 2.85. The monoisotopic (exact) mass is 447 g/mol. The molecule has 0 bridgehead atoms. The van der Waals surface area contributed by atoms with E-state index in [-0.39, 0.29) is 18.5 Å². The van der Waals surface area contributed by atoms with Gasteiger partial charge < -0.3 is 4.90 Å². The molecule has 2 nitrogen and oxygen atoms in total. The summed E-state index contributed by atoms with van der Waals surface area (Å²) in [6.07, 6.45) is -8.04. The highest BCUT2D eigenvalue weighted by Gasteiger charge is 2.82. The van der Waals surface area contributed by atoms with Gasteiger partial charge in [0.25, 0.3) is 0 Å². The zero-order chi connectivity index (χ0) is 23.2. The van der Waals surface area contributed by atoms with E-state index in [9.17, 15) is 44.3 Å². The molecule has 1 aromatic carbocycles. The molecule has 0 radical (unpaired) electrons. The number of benzene rings is 1. The van der Waals surface area contributed by atoms with E-state index in [1.165, 1.54) is 6.92 Å². The van der Waals surface area contributed by atoms with Crippen LogP contribution in [-0.4, -0.2) is 34.8 Å². The van der Waals surface area contributed by atoms with Crippen molar-refractivity contribution in [2.75, 3.05) is 0 Å². The Kier molecular flexibility index (Phi) is 6.01. The summed E-state index contributed by atoms with van der Waals surface area (Å²) in [4.78, 5) is 13.7. The second-order valence-electron chi connectivity index (χ2n) is 7.29. The maximum atomic E-state index is 14.2.